The Bertz CT molecular complexity index is 554. The van der Waals surface area contributed by atoms with E-state index in [9.17, 15) is 13.5 Å². The van der Waals surface area contributed by atoms with Crippen LogP contribution in [-0.2, 0) is 10.2 Å². The number of phenols is 1. The molecule has 0 aromatic heterocycles. The van der Waals surface area contributed by atoms with Gasteiger partial charge in [0.1, 0.15) is 5.75 Å². The highest BCUT2D eigenvalue weighted by Gasteiger charge is 2.26. The lowest BCUT2D eigenvalue weighted by Gasteiger charge is -2.29. The monoisotopic (exact) mass is 304 g/mol. The Morgan fingerprint density at radius 3 is 2.58 bits per heavy atom. The van der Waals surface area contributed by atoms with Crippen LogP contribution >= 0.6 is 11.6 Å². The average Bonchev–Trinajstić information content (AvgIpc) is 2.34. The van der Waals surface area contributed by atoms with E-state index in [4.69, 9.17) is 11.6 Å². The van der Waals surface area contributed by atoms with Gasteiger partial charge in [-0.2, -0.15) is 12.7 Å². The minimum Gasteiger partial charge on any atom is -0.506 e. The van der Waals surface area contributed by atoms with Crippen molar-refractivity contribution in [3.8, 4) is 5.75 Å². The SMILES string of the molecule is CC1CCN(S(=O)(=O)Nc2ccc(Cl)c(O)c2)CC1. The number of rotatable bonds is 3. The fourth-order valence-electron chi connectivity index (χ4n) is 2.01. The zero-order valence-electron chi connectivity index (χ0n) is 10.6. The van der Waals surface area contributed by atoms with Crippen LogP contribution in [-0.4, -0.2) is 30.9 Å². The Kier molecular flexibility index (Phi) is 4.23. The number of benzene rings is 1. The van der Waals surface area contributed by atoms with Crippen molar-refractivity contribution in [3.63, 3.8) is 0 Å². The van der Waals surface area contributed by atoms with Crippen LogP contribution in [0.4, 0.5) is 5.69 Å². The Balaban J connectivity index is 2.10. The molecule has 7 heteroatoms. The zero-order valence-corrected chi connectivity index (χ0v) is 12.2. The molecule has 1 aromatic rings. The fourth-order valence-corrected chi connectivity index (χ4v) is 3.38. The van der Waals surface area contributed by atoms with Crippen molar-refractivity contribution in [2.24, 2.45) is 5.92 Å². The van der Waals surface area contributed by atoms with Gasteiger partial charge in [0.05, 0.1) is 10.7 Å². The Morgan fingerprint density at radius 1 is 1.37 bits per heavy atom. The minimum atomic E-state index is -3.56. The molecule has 1 heterocycles. The first-order valence-corrected chi connectivity index (χ1v) is 7.96. The third-order valence-corrected chi connectivity index (χ3v) is 5.13. The summed E-state index contributed by atoms with van der Waals surface area (Å²) in [5.41, 5.74) is 0.306. The molecule has 0 amide bonds. The van der Waals surface area contributed by atoms with E-state index in [1.165, 1.54) is 22.5 Å². The third-order valence-electron chi connectivity index (χ3n) is 3.28. The van der Waals surface area contributed by atoms with E-state index in [1.54, 1.807) is 0 Å². The van der Waals surface area contributed by atoms with Crippen LogP contribution in [0.1, 0.15) is 19.8 Å². The molecule has 2 rings (SSSR count). The first-order chi connectivity index (χ1) is 8.88. The minimum absolute atomic E-state index is 0.144. The van der Waals surface area contributed by atoms with Gasteiger partial charge >= 0.3 is 10.2 Å². The van der Waals surface area contributed by atoms with Crippen LogP contribution in [0.2, 0.25) is 5.02 Å². The van der Waals surface area contributed by atoms with Gasteiger partial charge < -0.3 is 5.11 Å². The lowest BCUT2D eigenvalue weighted by molar-refractivity contribution is 0.289. The number of halogens is 1. The number of aromatic hydroxyl groups is 1. The van der Waals surface area contributed by atoms with Crippen LogP contribution in [0.25, 0.3) is 0 Å². The molecular formula is C12H17ClN2O3S. The topological polar surface area (TPSA) is 69.6 Å². The van der Waals surface area contributed by atoms with Crippen LogP contribution in [0.5, 0.6) is 5.75 Å². The maximum atomic E-state index is 12.2. The molecule has 0 unspecified atom stereocenters. The smallest absolute Gasteiger partial charge is 0.301 e. The van der Waals surface area contributed by atoms with Gasteiger partial charge in [-0.25, -0.2) is 0 Å². The summed E-state index contributed by atoms with van der Waals surface area (Å²) in [6.07, 6.45) is 1.74. The van der Waals surface area contributed by atoms with Gasteiger partial charge in [0.25, 0.3) is 0 Å². The Labute approximate surface area is 118 Å². The van der Waals surface area contributed by atoms with Crippen molar-refractivity contribution in [3.05, 3.63) is 23.2 Å². The van der Waals surface area contributed by atoms with E-state index < -0.39 is 10.2 Å². The van der Waals surface area contributed by atoms with E-state index in [-0.39, 0.29) is 10.8 Å². The summed E-state index contributed by atoms with van der Waals surface area (Å²) < 4.78 is 28.2. The van der Waals surface area contributed by atoms with Crippen LogP contribution < -0.4 is 4.72 Å². The summed E-state index contributed by atoms with van der Waals surface area (Å²) in [6, 6.07) is 4.27. The molecule has 19 heavy (non-hydrogen) atoms. The summed E-state index contributed by atoms with van der Waals surface area (Å²) in [5, 5.41) is 9.65. The normalized spacial score (nSPS) is 18.4. The standard InChI is InChI=1S/C12H17ClN2O3S/c1-9-4-6-15(7-5-9)19(17,18)14-10-2-3-11(13)12(16)8-10/h2-3,8-9,14,16H,4-7H2,1H3. The number of phenolic OH excluding ortho intramolecular Hbond substituents is 1. The van der Waals surface area contributed by atoms with Crippen molar-refractivity contribution in [1.82, 2.24) is 4.31 Å². The predicted octanol–water partition coefficient (Wildman–Crippen LogP) is 2.43. The molecule has 106 valence electrons. The number of nitrogens with one attached hydrogen (secondary N) is 1. The van der Waals surface area contributed by atoms with Gasteiger partial charge in [-0.15, -0.1) is 0 Å². The first kappa shape index (κ1) is 14.4. The van der Waals surface area contributed by atoms with E-state index in [0.717, 1.165) is 12.8 Å². The van der Waals surface area contributed by atoms with E-state index >= 15 is 0 Å². The molecule has 0 radical (unpaired) electrons. The lowest BCUT2D eigenvalue weighted by atomic mass is 10.0. The highest BCUT2D eigenvalue weighted by atomic mass is 35.5. The van der Waals surface area contributed by atoms with E-state index in [0.29, 0.717) is 24.7 Å². The van der Waals surface area contributed by atoms with Gasteiger partial charge in [-0.3, -0.25) is 4.72 Å². The highest BCUT2D eigenvalue weighted by molar-refractivity contribution is 7.90. The summed E-state index contributed by atoms with van der Waals surface area (Å²) in [7, 11) is -3.56. The van der Waals surface area contributed by atoms with Crippen molar-refractivity contribution in [2.75, 3.05) is 17.8 Å². The van der Waals surface area contributed by atoms with Crippen LogP contribution in [0, 0.1) is 5.92 Å². The summed E-state index contributed by atoms with van der Waals surface area (Å²) in [4.78, 5) is 0. The quantitative estimate of drug-likeness (QED) is 0.901. The Hall–Kier alpha value is -0.980. The highest BCUT2D eigenvalue weighted by Crippen LogP contribution is 2.27. The molecule has 1 saturated heterocycles. The second-order valence-electron chi connectivity index (χ2n) is 4.85. The van der Waals surface area contributed by atoms with Crippen molar-refractivity contribution < 1.29 is 13.5 Å². The Morgan fingerprint density at radius 2 is 2.00 bits per heavy atom. The van der Waals surface area contributed by atoms with Gasteiger partial charge in [-0.1, -0.05) is 18.5 Å². The van der Waals surface area contributed by atoms with Gasteiger partial charge in [0.2, 0.25) is 0 Å². The molecule has 2 N–H and O–H groups in total. The lowest BCUT2D eigenvalue weighted by Crippen LogP contribution is -2.41. The molecule has 0 saturated carbocycles. The number of hydrogen-bond acceptors (Lipinski definition) is 3. The summed E-state index contributed by atoms with van der Waals surface area (Å²) in [6.45, 7) is 3.17. The van der Waals surface area contributed by atoms with Crippen molar-refractivity contribution >= 4 is 27.5 Å². The molecule has 0 spiro atoms. The second-order valence-corrected chi connectivity index (χ2v) is 6.93. The molecule has 1 aliphatic heterocycles. The molecule has 0 atom stereocenters. The number of anilines is 1. The molecule has 5 nitrogen and oxygen atoms in total. The molecular weight excluding hydrogens is 288 g/mol. The number of piperidine rings is 1. The van der Waals surface area contributed by atoms with E-state index in [2.05, 4.69) is 11.6 Å². The maximum Gasteiger partial charge on any atom is 0.301 e. The van der Waals surface area contributed by atoms with Gasteiger partial charge in [0.15, 0.2) is 0 Å². The molecule has 1 aliphatic rings. The molecule has 0 bridgehead atoms. The summed E-state index contributed by atoms with van der Waals surface area (Å²) >= 11 is 5.68. The van der Waals surface area contributed by atoms with Crippen LogP contribution in [0.15, 0.2) is 18.2 Å². The fraction of sp³-hybridized carbons (Fsp3) is 0.500. The van der Waals surface area contributed by atoms with Gasteiger partial charge in [0, 0.05) is 19.2 Å². The predicted molar refractivity (Wildman–Crippen MR) is 75.6 cm³/mol. The van der Waals surface area contributed by atoms with Crippen LogP contribution in [0.3, 0.4) is 0 Å². The molecule has 0 aliphatic carbocycles. The van der Waals surface area contributed by atoms with Gasteiger partial charge in [-0.05, 0) is 30.9 Å². The third kappa shape index (κ3) is 3.52. The first-order valence-electron chi connectivity index (χ1n) is 6.15. The average molecular weight is 305 g/mol. The number of hydrogen-bond donors (Lipinski definition) is 2. The second kappa shape index (κ2) is 5.56. The van der Waals surface area contributed by atoms with Crippen molar-refractivity contribution in [2.45, 2.75) is 19.8 Å². The molecule has 1 fully saturated rings. The van der Waals surface area contributed by atoms with E-state index in [1.807, 2.05) is 0 Å². The molecule has 1 aromatic carbocycles. The largest absolute Gasteiger partial charge is 0.506 e. The summed E-state index contributed by atoms with van der Waals surface area (Å²) in [5.74, 6) is 0.417. The zero-order chi connectivity index (χ0) is 14.0. The number of nitrogens with zero attached hydrogens (tertiary/aromatic N) is 1. The van der Waals surface area contributed by atoms with Crippen molar-refractivity contribution in [1.29, 1.82) is 0 Å². The maximum absolute atomic E-state index is 12.2.